The Hall–Kier alpha value is -2.30. The SMILES string of the molecule is CC=CN(C(=O)[C@@H](C(C)C)N(C(=O)[C@@H]1CCN(S(=O)(=O)N2CC2)C1)c1cccc(F)c1)C1CCCCC1. The zero-order valence-electron chi connectivity index (χ0n) is 22.1. The van der Waals surface area contributed by atoms with Gasteiger partial charge in [0.2, 0.25) is 11.8 Å². The van der Waals surface area contributed by atoms with Gasteiger partial charge in [-0.3, -0.25) is 14.5 Å². The van der Waals surface area contributed by atoms with E-state index in [0.29, 0.717) is 25.2 Å². The molecule has 4 rings (SSSR count). The van der Waals surface area contributed by atoms with E-state index in [-0.39, 0.29) is 36.9 Å². The summed E-state index contributed by atoms with van der Waals surface area (Å²) in [5.41, 5.74) is 0.313. The maximum atomic E-state index is 14.4. The molecule has 0 radical (unpaired) electrons. The Labute approximate surface area is 220 Å². The Bertz CT molecular complexity index is 1120. The summed E-state index contributed by atoms with van der Waals surface area (Å²) in [7, 11) is -3.57. The zero-order valence-corrected chi connectivity index (χ0v) is 22.9. The average Bonchev–Trinajstić information content (AvgIpc) is 3.62. The van der Waals surface area contributed by atoms with Gasteiger partial charge >= 0.3 is 0 Å². The van der Waals surface area contributed by atoms with E-state index in [4.69, 9.17) is 0 Å². The first-order valence-electron chi connectivity index (χ1n) is 13.4. The summed E-state index contributed by atoms with van der Waals surface area (Å²) in [4.78, 5) is 31.5. The lowest BCUT2D eigenvalue weighted by Crippen LogP contribution is -2.56. The highest BCUT2D eigenvalue weighted by Crippen LogP contribution is 2.32. The second kappa shape index (κ2) is 11.6. The number of anilines is 1. The molecule has 0 spiro atoms. The number of amides is 2. The minimum Gasteiger partial charge on any atom is -0.315 e. The standard InChI is InChI=1S/C27H39FN4O4S/c1-4-14-31(23-10-6-5-7-11-23)27(34)25(20(2)3)32(24-12-8-9-22(28)18-24)26(33)21-13-15-30(19-21)37(35,36)29-16-17-29/h4,8-9,12,14,18,20-21,23,25H,5-7,10-11,13,15-17,19H2,1-3H3/t21-,25-/m1/s1. The molecule has 1 aromatic carbocycles. The van der Waals surface area contributed by atoms with E-state index in [1.54, 1.807) is 17.2 Å². The van der Waals surface area contributed by atoms with Gasteiger partial charge in [-0.1, -0.05) is 45.3 Å². The molecule has 10 heteroatoms. The van der Waals surface area contributed by atoms with Crippen molar-refractivity contribution in [3.05, 3.63) is 42.4 Å². The van der Waals surface area contributed by atoms with Gasteiger partial charge in [0.1, 0.15) is 11.9 Å². The van der Waals surface area contributed by atoms with Crippen LogP contribution in [0.15, 0.2) is 36.5 Å². The number of hydrogen-bond donors (Lipinski definition) is 0. The number of benzene rings is 1. The quantitative estimate of drug-likeness (QED) is 0.452. The first-order valence-corrected chi connectivity index (χ1v) is 14.8. The van der Waals surface area contributed by atoms with Crippen LogP contribution in [0.5, 0.6) is 0 Å². The lowest BCUT2D eigenvalue weighted by atomic mass is 9.92. The van der Waals surface area contributed by atoms with Gasteiger partial charge in [0.25, 0.3) is 10.2 Å². The maximum Gasteiger partial charge on any atom is 0.282 e. The average molecular weight is 535 g/mol. The van der Waals surface area contributed by atoms with Crippen molar-refractivity contribution in [2.75, 3.05) is 31.1 Å². The second-order valence-corrected chi connectivity index (χ2v) is 12.6. The van der Waals surface area contributed by atoms with Crippen molar-refractivity contribution >= 4 is 27.7 Å². The molecule has 1 aromatic rings. The van der Waals surface area contributed by atoms with E-state index in [1.807, 2.05) is 26.8 Å². The maximum absolute atomic E-state index is 14.4. The minimum absolute atomic E-state index is 0.0582. The first-order chi connectivity index (χ1) is 17.6. The first kappa shape index (κ1) is 27.7. The molecule has 2 atom stereocenters. The van der Waals surface area contributed by atoms with Crippen LogP contribution in [-0.4, -0.2) is 72.0 Å². The molecule has 1 aliphatic carbocycles. The molecule has 0 aromatic heterocycles. The summed E-state index contributed by atoms with van der Waals surface area (Å²) < 4.78 is 42.6. The van der Waals surface area contributed by atoms with Crippen molar-refractivity contribution in [2.45, 2.75) is 71.4 Å². The van der Waals surface area contributed by atoms with E-state index < -0.39 is 28.0 Å². The highest BCUT2D eigenvalue weighted by Gasteiger charge is 2.45. The summed E-state index contributed by atoms with van der Waals surface area (Å²) in [5, 5.41) is 0. The predicted octanol–water partition coefficient (Wildman–Crippen LogP) is 3.76. The number of nitrogens with zero attached hydrogens (tertiary/aromatic N) is 4. The molecule has 1 saturated carbocycles. The number of rotatable bonds is 9. The summed E-state index contributed by atoms with van der Waals surface area (Å²) in [6, 6.07) is 4.96. The zero-order chi connectivity index (χ0) is 26.7. The van der Waals surface area contributed by atoms with Crippen LogP contribution in [0.4, 0.5) is 10.1 Å². The number of allylic oxidation sites excluding steroid dienone is 1. The Kier molecular flexibility index (Phi) is 8.70. The smallest absolute Gasteiger partial charge is 0.282 e. The van der Waals surface area contributed by atoms with Crippen molar-refractivity contribution < 1.29 is 22.4 Å². The highest BCUT2D eigenvalue weighted by molar-refractivity contribution is 7.87. The van der Waals surface area contributed by atoms with Gasteiger partial charge in [0.15, 0.2) is 0 Å². The van der Waals surface area contributed by atoms with Crippen LogP contribution < -0.4 is 4.90 Å². The summed E-state index contributed by atoms with van der Waals surface area (Å²) >= 11 is 0. The molecule has 3 fully saturated rings. The fraction of sp³-hybridized carbons (Fsp3) is 0.630. The fourth-order valence-corrected chi connectivity index (χ4v) is 7.14. The fourth-order valence-electron chi connectivity index (χ4n) is 5.56. The predicted molar refractivity (Wildman–Crippen MR) is 141 cm³/mol. The third-order valence-corrected chi connectivity index (χ3v) is 9.58. The Morgan fingerprint density at radius 3 is 2.35 bits per heavy atom. The van der Waals surface area contributed by atoms with Crippen LogP contribution in [-0.2, 0) is 19.8 Å². The Balaban J connectivity index is 1.68. The van der Waals surface area contributed by atoms with Crippen LogP contribution >= 0.6 is 0 Å². The van der Waals surface area contributed by atoms with Crippen molar-refractivity contribution in [2.24, 2.45) is 11.8 Å². The van der Waals surface area contributed by atoms with Gasteiger partial charge in [-0.2, -0.15) is 17.0 Å². The molecule has 2 amide bonds. The van der Waals surface area contributed by atoms with Gasteiger partial charge in [-0.05, 0) is 50.3 Å². The van der Waals surface area contributed by atoms with Crippen LogP contribution in [0.25, 0.3) is 0 Å². The monoisotopic (exact) mass is 534 g/mol. The third-order valence-electron chi connectivity index (χ3n) is 7.58. The number of carbonyl (C=O) groups excluding carboxylic acids is 2. The van der Waals surface area contributed by atoms with Crippen LogP contribution in [0, 0.1) is 17.7 Å². The van der Waals surface area contributed by atoms with E-state index >= 15 is 0 Å². The second-order valence-electron chi connectivity index (χ2n) is 10.6. The summed E-state index contributed by atoms with van der Waals surface area (Å²) in [6.45, 7) is 6.96. The van der Waals surface area contributed by atoms with Gasteiger partial charge in [0, 0.05) is 44.1 Å². The van der Waals surface area contributed by atoms with Gasteiger partial charge in [-0.25, -0.2) is 4.39 Å². The largest absolute Gasteiger partial charge is 0.315 e. The highest BCUT2D eigenvalue weighted by atomic mass is 32.2. The lowest BCUT2D eigenvalue weighted by molar-refractivity contribution is -0.136. The third kappa shape index (κ3) is 6.07. The molecule has 2 saturated heterocycles. The molecule has 0 unspecified atom stereocenters. The van der Waals surface area contributed by atoms with Crippen molar-refractivity contribution in [1.29, 1.82) is 0 Å². The number of halogens is 1. The Morgan fingerprint density at radius 2 is 1.76 bits per heavy atom. The molecular formula is C27H39FN4O4S. The van der Waals surface area contributed by atoms with E-state index in [2.05, 4.69) is 0 Å². The molecule has 2 heterocycles. The minimum atomic E-state index is -3.57. The van der Waals surface area contributed by atoms with E-state index in [0.717, 1.165) is 32.1 Å². The van der Waals surface area contributed by atoms with Gasteiger partial charge in [0.05, 0.1) is 5.92 Å². The van der Waals surface area contributed by atoms with Crippen molar-refractivity contribution in [1.82, 2.24) is 13.5 Å². The topological polar surface area (TPSA) is 81.0 Å². The molecule has 0 bridgehead atoms. The number of carbonyl (C=O) groups is 2. The van der Waals surface area contributed by atoms with Crippen LogP contribution in [0.2, 0.25) is 0 Å². The van der Waals surface area contributed by atoms with Crippen molar-refractivity contribution in [3.8, 4) is 0 Å². The molecular weight excluding hydrogens is 495 g/mol. The Morgan fingerprint density at radius 1 is 1.05 bits per heavy atom. The molecule has 204 valence electrons. The number of hydrogen-bond acceptors (Lipinski definition) is 4. The van der Waals surface area contributed by atoms with E-state index in [1.165, 1.54) is 31.7 Å². The molecule has 3 aliphatic rings. The van der Waals surface area contributed by atoms with Gasteiger partial charge in [-0.15, -0.1) is 0 Å². The molecule has 0 N–H and O–H groups in total. The van der Waals surface area contributed by atoms with Crippen LogP contribution in [0.1, 0.15) is 59.3 Å². The van der Waals surface area contributed by atoms with Crippen LogP contribution in [0.3, 0.4) is 0 Å². The van der Waals surface area contributed by atoms with E-state index in [9.17, 15) is 22.4 Å². The van der Waals surface area contributed by atoms with Crippen molar-refractivity contribution in [3.63, 3.8) is 0 Å². The molecule has 37 heavy (non-hydrogen) atoms. The lowest BCUT2D eigenvalue weighted by Gasteiger charge is -2.40. The summed E-state index contributed by atoms with van der Waals surface area (Å²) in [5.74, 6) is -1.90. The summed E-state index contributed by atoms with van der Waals surface area (Å²) in [6.07, 6.45) is 9.05. The molecule has 2 aliphatic heterocycles. The normalized spacial score (nSPS) is 22.5. The molecule has 8 nitrogen and oxygen atoms in total. The van der Waals surface area contributed by atoms with Gasteiger partial charge < -0.3 is 4.90 Å².